The molecule has 1 amide bonds. The smallest absolute Gasteiger partial charge is 0.307 e. The van der Waals surface area contributed by atoms with E-state index in [0.29, 0.717) is 22.6 Å². The highest BCUT2D eigenvalue weighted by Gasteiger charge is 2.26. The molecule has 2 N–H and O–H groups in total. The number of nitrogens with zero attached hydrogens (tertiary/aromatic N) is 1. The lowest BCUT2D eigenvalue weighted by Crippen LogP contribution is -2.46. The minimum Gasteiger partial charge on any atom is -0.453 e. The Labute approximate surface area is 163 Å². The molecule has 0 radical (unpaired) electrons. The van der Waals surface area contributed by atoms with Gasteiger partial charge in [-0.25, -0.2) is 4.98 Å². The van der Waals surface area contributed by atoms with Crippen LogP contribution in [0.5, 0.6) is 0 Å². The van der Waals surface area contributed by atoms with Crippen molar-refractivity contribution in [2.75, 3.05) is 0 Å². The molecule has 1 aliphatic rings. The zero-order valence-electron chi connectivity index (χ0n) is 16.4. The molecule has 1 aromatic heterocycles. The quantitative estimate of drug-likeness (QED) is 0.744. The third kappa shape index (κ3) is 4.97. The fourth-order valence-corrected chi connectivity index (χ4v) is 3.61. The molecule has 1 aliphatic carbocycles. The van der Waals surface area contributed by atoms with Crippen LogP contribution in [-0.2, 0) is 20.7 Å². The summed E-state index contributed by atoms with van der Waals surface area (Å²) in [5.74, 6) is 0.115. The summed E-state index contributed by atoms with van der Waals surface area (Å²) in [6, 6.07) is 7.18. The highest BCUT2D eigenvalue weighted by Crippen LogP contribution is 2.23. The Kier molecular flexibility index (Phi) is 6.44. The van der Waals surface area contributed by atoms with Crippen LogP contribution in [-0.4, -0.2) is 34.0 Å². The van der Waals surface area contributed by atoms with Gasteiger partial charge in [0, 0.05) is 12.5 Å². The Bertz CT molecular complexity index is 908. The largest absolute Gasteiger partial charge is 0.453 e. The standard InChI is InChI=1S/C21H27N3O4/c1-13-7-3-5-9-16(13)23-20(26)14(2)28-19(25)12-11-18-22-17-10-6-4-8-15(17)21(27)24-18/h4,6,8,10,13-14,16H,3,5,7,9,11-12H2,1-2H3,(H,23,26)(H,22,24,27)/t13-,14-,16-/m1/s1. The Morgan fingerprint density at radius 2 is 2.04 bits per heavy atom. The van der Waals surface area contributed by atoms with E-state index in [4.69, 9.17) is 4.74 Å². The fraction of sp³-hybridized carbons (Fsp3) is 0.524. The maximum Gasteiger partial charge on any atom is 0.307 e. The number of aryl methyl sites for hydroxylation is 1. The topological polar surface area (TPSA) is 101 Å². The second kappa shape index (κ2) is 8.99. The zero-order chi connectivity index (χ0) is 20.1. The highest BCUT2D eigenvalue weighted by atomic mass is 16.5. The van der Waals surface area contributed by atoms with E-state index in [1.165, 1.54) is 6.42 Å². The number of amides is 1. The Hall–Kier alpha value is -2.70. The molecule has 0 bridgehead atoms. The summed E-state index contributed by atoms with van der Waals surface area (Å²) in [5.41, 5.74) is 0.354. The van der Waals surface area contributed by atoms with Crippen LogP contribution in [0, 0.1) is 5.92 Å². The van der Waals surface area contributed by atoms with Crippen LogP contribution in [0.2, 0.25) is 0 Å². The van der Waals surface area contributed by atoms with Crippen LogP contribution in [0.3, 0.4) is 0 Å². The number of carbonyl (C=O) groups is 2. The molecular formula is C21H27N3O4. The third-order valence-corrected chi connectivity index (χ3v) is 5.34. The van der Waals surface area contributed by atoms with Crippen LogP contribution in [0.25, 0.3) is 10.9 Å². The van der Waals surface area contributed by atoms with Crippen LogP contribution in [0.4, 0.5) is 0 Å². The summed E-state index contributed by atoms with van der Waals surface area (Å²) in [4.78, 5) is 43.5. The van der Waals surface area contributed by atoms with Crippen LogP contribution >= 0.6 is 0 Å². The van der Waals surface area contributed by atoms with Crippen molar-refractivity contribution in [2.24, 2.45) is 5.92 Å². The van der Waals surface area contributed by atoms with Gasteiger partial charge in [0.15, 0.2) is 6.10 Å². The second-order valence-electron chi connectivity index (χ2n) is 7.54. The number of nitrogens with one attached hydrogen (secondary N) is 2. The summed E-state index contributed by atoms with van der Waals surface area (Å²) < 4.78 is 5.26. The van der Waals surface area contributed by atoms with Crippen molar-refractivity contribution in [3.63, 3.8) is 0 Å². The van der Waals surface area contributed by atoms with E-state index >= 15 is 0 Å². The molecule has 3 rings (SSSR count). The fourth-order valence-electron chi connectivity index (χ4n) is 3.61. The molecule has 0 aliphatic heterocycles. The Balaban J connectivity index is 1.51. The third-order valence-electron chi connectivity index (χ3n) is 5.34. The highest BCUT2D eigenvalue weighted by molar-refractivity contribution is 5.83. The maximum absolute atomic E-state index is 12.3. The van der Waals surface area contributed by atoms with Gasteiger partial charge in [0.25, 0.3) is 11.5 Å². The summed E-state index contributed by atoms with van der Waals surface area (Å²) in [7, 11) is 0. The molecule has 150 valence electrons. The molecule has 1 aromatic carbocycles. The van der Waals surface area contributed by atoms with Gasteiger partial charge in [-0.15, -0.1) is 0 Å². The predicted octanol–water partition coefficient (Wildman–Crippen LogP) is 2.48. The molecule has 1 heterocycles. The van der Waals surface area contributed by atoms with E-state index in [9.17, 15) is 14.4 Å². The maximum atomic E-state index is 12.3. The van der Waals surface area contributed by atoms with Crippen molar-refractivity contribution in [3.05, 3.63) is 40.4 Å². The van der Waals surface area contributed by atoms with E-state index in [1.807, 2.05) is 0 Å². The molecule has 1 saturated carbocycles. The van der Waals surface area contributed by atoms with Crippen molar-refractivity contribution in [2.45, 2.75) is 64.5 Å². The van der Waals surface area contributed by atoms with Crippen molar-refractivity contribution in [1.82, 2.24) is 15.3 Å². The van der Waals surface area contributed by atoms with Gasteiger partial charge in [-0.1, -0.05) is 31.9 Å². The summed E-state index contributed by atoms with van der Waals surface area (Å²) >= 11 is 0. The van der Waals surface area contributed by atoms with Crippen molar-refractivity contribution < 1.29 is 14.3 Å². The van der Waals surface area contributed by atoms with Crippen molar-refractivity contribution in [1.29, 1.82) is 0 Å². The van der Waals surface area contributed by atoms with Crippen LogP contribution < -0.4 is 10.9 Å². The molecule has 0 spiro atoms. The molecule has 0 unspecified atom stereocenters. The molecule has 3 atom stereocenters. The molecular weight excluding hydrogens is 358 g/mol. The first-order chi connectivity index (χ1) is 13.4. The van der Waals surface area contributed by atoms with Crippen LogP contribution in [0.1, 0.15) is 51.8 Å². The number of hydrogen-bond donors (Lipinski definition) is 2. The number of hydrogen-bond acceptors (Lipinski definition) is 5. The van der Waals surface area contributed by atoms with Crippen LogP contribution in [0.15, 0.2) is 29.1 Å². The molecule has 0 saturated heterocycles. The van der Waals surface area contributed by atoms with E-state index in [0.717, 1.165) is 19.3 Å². The van der Waals surface area contributed by atoms with Gasteiger partial charge in [-0.3, -0.25) is 14.4 Å². The monoisotopic (exact) mass is 385 g/mol. The molecule has 7 heteroatoms. The number of ether oxygens (including phenoxy) is 1. The molecule has 1 fully saturated rings. The lowest BCUT2D eigenvalue weighted by atomic mass is 9.86. The first-order valence-corrected chi connectivity index (χ1v) is 9.92. The summed E-state index contributed by atoms with van der Waals surface area (Å²) in [5, 5.41) is 3.51. The van der Waals surface area contributed by atoms with Gasteiger partial charge >= 0.3 is 5.97 Å². The van der Waals surface area contributed by atoms with Gasteiger partial charge in [0.1, 0.15) is 5.82 Å². The van der Waals surface area contributed by atoms with E-state index < -0.39 is 12.1 Å². The predicted molar refractivity (Wildman–Crippen MR) is 106 cm³/mol. The number of fused-ring (bicyclic) bond motifs is 1. The lowest BCUT2D eigenvalue weighted by Gasteiger charge is -2.30. The first kappa shape index (κ1) is 20.0. The first-order valence-electron chi connectivity index (χ1n) is 9.92. The van der Waals surface area contributed by atoms with E-state index in [1.54, 1.807) is 31.2 Å². The summed E-state index contributed by atoms with van der Waals surface area (Å²) in [6.07, 6.45) is 3.82. The number of benzene rings is 1. The van der Waals surface area contributed by atoms with E-state index in [-0.39, 0.29) is 30.3 Å². The van der Waals surface area contributed by atoms with Gasteiger partial charge in [0.2, 0.25) is 0 Å². The minimum atomic E-state index is -0.842. The molecule has 28 heavy (non-hydrogen) atoms. The number of H-pyrrole nitrogens is 1. The SMILES string of the molecule is C[C@@H]1CCCC[C@H]1NC(=O)[C@@H](C)OC(=O)CCc1nc2ccccc2c(=O)[nH]1. The average Bonchev–Trinajstić information content (AvgIpc) is 2.68. The Morgan fingerprint density at radius 3 is 2.82 bits per heavy atom. The normalized spacial score (nSPS) is 20.5. The van der Waals surface area contributed by atoms with Gasteiger partial charge in [0.05, 0.1) is 17.3 Å². The number of carbonyl (C=O) groups excluding carboxylic acids is 2. The van der Waals surface area contributed by atoms with Gasteiger partial charge in [-0.05, 0) is 37.8 Å². The second-order valence-corrected chi connectivity index (χ2v) is 7.54. The number of para-hydroxylation sites is 1. The number of aromatic amines is 1. The summed E-state index contributed by atoms with van der Waals surface area (Å²) in [6.45, 7) is 3.72. The van der Waals surface area contributed by atoms with E-state index in [2.05, 4.69) is 22.2 Å². The number of aromatic nitrogens is 2. The van der Waals surface area contributed by atoms with Crippen molar-refractivity contribution in [3.8, 4) is 0 Å². The minimum absolute atomic E-state index is 0.0404. The number of rotatable bonds is 6. The van der Waals surface area contributed by atoms with Gasteiger partial charge < -0.3 is 15.0 Å². The molecule has 2 aromatic rings. The van der Waals surface area contributed by atoms with Gasteiger partial charge in [-0.2, -0.15) is 0 Å². The average molecular weight is 385 g/mol. The zero-order valence-corrected chi connectivity index (χ0v) is 16.4. The molecule has 7 nitrogen and oxygen atoms in total. The number of esters is 1. The lowest BCUT2D eigenvalue weighted by molar-refractivity contribution is -0.155. The van der Waals surface area contributed by atoms with Crippen molar-refractivity contribution >= 4 is 22.8 Å². The Morgan fingerprint density at radius 1 is 1.29 bits per heavy atom.